The first kappa shape index (κ1) is 28.4. The fourth-order valence-corrected chi connectivity index (χ4v) is 6.62. The van der Waals surface area contributed by atoms with Crippen molar-refractivity contribution in [2.24, 2.45) is 0 Å². The van der Waals surface area contributed by atoms with Crippen LogP contribution in [0.4, 0.5) is 5.82 Å². The van der Waals surface area contributed by atoms with E-state index in [1.165, 1.54) is 18.9 Å². The minimum absolute atomic E-state index is 0.0558. The van der Waals surface area contributed by atoms with E-state index < -0.39 is 10.0 Å². The number of likely N-dealkylation sites (tertiary alicyclic amines) is 2. The Labute approximate surface area is 227 Å². The van der Waals surface area contributed by atoms with E-state index in [2.05, 4.69) is 69.9 Å². The zero-order valence-corrected chi connectivity index (χ0v) is 24.1. The molecule has 38 heavy (non-hydrogen) atoms. The largest absolute Gasteiger partial charge is 0.366 e. The number of amides is 1. The predicted octanol–water partition coefficient (Wildman–Crippen LogP) is 3.31. The van der Waals surface area contributed by atoms with Crippen LogP contribution in [-0.2, 0) is 22.0 Å². The topological polar surface area (TPSA) is 108 Å². The lowest BCUT2D eigenvalue weighted by Crippen LogP contribution is -2.51. The Morgan fingerprint density at radius 3 is 2.21 bits per heavy atom. The first-order chi connectivity index (χ1) is 18.0. The third-order valence-corrected chi connectivity index (χ3v) is 9.95. The monoisotopic (exact) mass is 542 g/mol. The van der Waals surface area contributed by atoms with E-state index in [1.54, 1.807) is 0 Å². The number of rotatable bonds is 7. The second-order valence-electron chi connectivity index (χ2n) is 11.5. The van der Waals surface area contributed by atoms with Gasteiger partial charge in [0.25, 0.3) is 5.91 Å². The maximum absolute atomic E-state index is 13.4. The maximum Gasteiger partial charge on any atom is 0.272 e. The van der Waals surface area contributed by atoms with Crippen LogP contribution in [0.3, 0.4) is 0 Å². The number of hydrogen-bond donors (Lipinski definition) is 2. The molecule has 9 nitrogen and oxygen atoms in total. The van der Waals surface area contributed by atoms with Crippen molar-refractivity contribution in [3.05, 3.63) is 53.0 Å². The van der Waals surface area contributed by atoms with Gasteiger partial charge in [-0.3, -0.25) is 4.79 Å². The zero-order valence-electron chi connectivity index (χ0n) is 23.3. The van der Waals surface area contributed by atoms with E-state index in [1.807, 2.05) is 11.8 Å². The standard InChI is InChI=1S/C28H42N6O3S/c1-20-25(31-19-32-26(20)30-18-21-6-8-22(9-7-21)28(2,3)4)27(35)34-14-10-23(11-15-34)33-16-12-24(13-17-33)38(36,37)29-5/h6-9,19,23-24,29H,10-18H2,1-5H3,(H,30,31,32). The quantitative estimate of drug-likeness (QED) is 0.553. The highest BCUT2D eigenvalue weighted by molar-refractivity contribution is 7.90. The van der Waals surface area contributed by atoms with Gasteiger partial charge in [0.05, 0.1) is 5.25 Å². The molecule has 2 N–H and O–H groups in total. The van der Waals surface area contributed by atoms with Crippen molar-refractivity contribution in [2.45, 2.75) is 76.6 Å². The van der Waals surface area contributed by atoms with Gasteiger partial charge in [0, 0.05) is 31.2 Å². The summed E-state index contributed by atoms with van der Waals surface area (Å²) in [4.78, 5) is 26.4. The Hall–Kier alpha value is -2.56. The van der Waals surface area contributed by atoms with Gasteiger partial charge in [-0.25, -0.2) is 23.1 Å². The average molecular weight is 543 g/mol. The van der Waals surface area contributed by atoms with Crippen LogP contribution in [0.1, 0.15) is 73.6 Å². The molecule has 208 valence electrons. The first-order valence-electron chi connectivity index (χ1n) is 13.6. The summed E-state index contributed by atoms with van der Waals surface area (Å²) in [5.74, 6) is 0.622. The number of carbonyl (C=O) groups excluding carboxylic acids is 1. The molecule has 1 aromatic carbocycles. The molecule has 0 spiro atoms. The lowest BCUT2D eigenvalue weighted by atomic mass is 9.87. The van der Waals surface area contributed by atoms with E-state index in [4.69, 9.17) is 0 Å². The summed E-state index contributed by atoms with van der Waals surface area (Å²) in [6.07, 6.45) is 4.53. The van der Waals surface area contributed by atoms with Crippen molar-refractivity contribution in [2.75, 3.05) is 38.5 Å². The van der Waals surface area contributed by atoms with Crippen LogP contribution >= 0.6 is 0 Å². The number of carbonyl (C=O) groups is 1. The fraction of sp³-hybridized carbons (Fsp3) is 0.607. The highest BCUT2D eigenvalue weighted by atomic mass is 32.2. The summed E-state index contributed by atoms with van der Waals surface area (Å²) in [6.45, 7) is 12.0. The van der Waals surface area contributed by atoms with Gasteiger partial charge in [-0.2, -0.15) is 0 Å². The number of nitrogens with one attached hydrogen (secondary N) is 2. The fourth-order valence-electron chi connectivity index (χ4n) is 5.45. The summed E-state index contributed by atoms with van der Waals surface area (Å²) in [5, 5.41) is 3.07. The van der Waals surface area contributed by atoms with Crippen LogP contribution < -0.4 is 10.0 Å². The van der Waals surface area contributed by atoms with Crippen LogP contribution in [0.2, 0.25) is 0 Å². The molecule has 2 aromatic rings. The highest BCUT2D eigenvalue weighted by Gasteiger charge is 2.34. The number of benzene rings is 1. The Morgan fingerprint density at radius 2 is 1.63 bits per heavy atom. The SMILES string of the molecule is CNS(=O)(=O)C1CCN(C2CCN(C(=O)c3ncnc(NCc4ccc(C(C)(C)C)cc4)c3C)CC2)CC1. The third-order valence-electron chi connectivity index (χ3n) is 8.03. The van der Waals surface area contributed by atoms with Crippen molar-refractivity contribution in [1.29, 1.82) is 0 Å². The maximum atomic E-state index is 13.4. The smallest absolute Gasteiger partial charge is 0.272 e. The highest BCUT2D eigenvalue weighted by Crippen LogP contribution is 2.26. The molecule has 0 aliphatic carbocycles. The molecular weight excluding hydrogens is 500 g/mol. The molecule has 2 aliphatic heterocycles. The molecular formula is C28H42N6O3S. The number of hydrogen-bond acceptors (Lipinski definition) is 7. The normalized spacial score (nSPS) is 18.5. The lowest BCUT2D eigenvalue weighted by Gasteiger charge is -2.41. The van der Waals surface area contributed by atoms with E-state index in [0.717, 1.165) is 37.1 Å². The molecule has 2 aliphatic rings. The van der Waals surface area contributed by atoms with Crippen LogP contribution in [0.15, 0.2) is 30.6 Å². The Kier molecular flexibility index (Phi) is 8.74. The number of piperidine rings is 2. The molecule has 0 saturated carbocycles. The first-order valence-corrected chi connectivity index (χ1v) is 15.1. The summed E-state index contributed by atoms with van der Waals surface area (Å²) in [5.41, 5.74) is 3.77. The van der Waals surface area contributed by atoms with Crippen molar-refractivity contribution >= 4 is 21.7 Å². The van der Waals surface area contributed by atoms with Gasteiger partial charge >= 0.3 is 0 Å². The molecule has 4 rings (SSSR count). The molecule has 0 bridgehead atoms. The lowest BCUT2D eigenvalue weighted by molar-refractivity contribution is 0.0585. The van der Waals surface area contributed by atoms with E-state index in [0.29, 0.717) is 50.0 Å². The van der Waals surface area contributed by atoms with Gasteiger partial charge < -0.3 is 15.1 Å². The molecule has 0 atom stereocenters. The molecule has 3 heterocycles. The van der Waals surface area contributed by atoms with Crippen molar-refractivity contribution in [3.8, 4) is 0 Å². The number of sulfonamides is 1. The van der Waals surface area contributed by atoms with Gasteiger partial charge in [-0.1, -0.05) is 45.0 Å². The van der Waals surface area contributed by atoms with E-state index in [9.17, 15) is 13.2 Å². The summed E-state index contributed by atoms with van der Waals surface area (Å²) in [6, 6.07) is 8.96. The molecule has 0 unspecified atom stereocenters. The van der Waals surface area contributed by atoms with E-state index >= 15 is 0 Å². The summed E-state index contributed by atoms with van der Waals surface area (Å²) in [7, 11) is -1.72. The Morgan fingerprint density at radius 1 is 1.00 bits per heavy atom. The molecule has 0 radical (unpaired) electrons. The van der Waals surface area contributed by atoms with Crippen LogP contribution in [-0.4, -0.2) is 78.6 Å². The Bertz CT molecular complexity index is 1210. The average Bonchev–Trinajstić information content (AvgIpc) is 2.92. The van der Waals surface area contributed by atoms with Gasteiger partial charge in [-0.05, 0) is 69.3 Å². The zero-order chi connectivity index (χ0) is 27.5. The Balaban J connectivity index is 1.31. The summed E-state index contributed by atoms with van der Waals surface area (Å²) >= 11 is 0. The molecule has 10 heteroatoms. The minimum Gasteiger partial charge on any atom is -0.366 e. The van der Waals surface area contributed by atoms with Gasteiger partial charge in [0.2, 0.25) is 10.0 Å². The molecule has 1 amide bonds. The van der Waals surface area contributed by atoms with Gasteiger partial charge in [0.15, 0.2) is 0 Å². The number of nitrogens with zero attached hydrogens (tertiary/aromatic N) is 4. The second-order valence-corrected chi connectivity index (χ2v) is 13.7. The van der Waals surface area contributed by atoms with E-state index in [-0.39, 0.29) is 16.6 Å². The third kappa shape index (κ3) is 6.52. The number of anilines is 1. The van der Waals surface area contributed by atoms with Crippen molar-refractivity contribution < 1.29 is 13.2 Å². The van der Waals surface area contributed by atoms with Gasteiger partial charge in [0.1, 0.15) is 17.8 Å². The predicted molar refractivity (Wildman–Crippen MR) is 151 cm³/mol. The van der Waals surface area contributed by atoms with Crippen molar-refractivity contribution in [3.63, 3.8) is 0 Å². The number of aromatic nitrogens is 2. The van der Waals surface area contributed by atoms with Gasteiger partial charge in [-0.15, -0.1) is 0 Å². The minimum atomic E-state index is -3.21. The van der Waals surface area contributed by atoms with Crippen LogP contribution in [0, 0.1) is 6.92 Å². The molecule has 1 aromatic heterocycles. The van der Waals surface area contributed by atoms with Crippen LogP contribution in [0.25, 0.3) is 0 Å². The van der Waals surface area contributed by atoms with Crippen LogP contribution in [0.5, 0.6) is 0 Å². The molecule has 2 saturated heterocycles. The second kappa shape index (κ2) is 11.7. The molecule has 2 fully saturated rings. The van der Waals surface area contributed by atoms with Crippen molar-refractivity contribution in [1.82, 2.24) is 24.5 Å². The summed E-state index contributed by atoms with van der Waals surface area (Å²) < 4.78 is 26.7.